The molecule has 4 nitrogen and oxygen atoms in total. The van der Waals surface area contributed by atoms with E-state index < -0.39 is 0 Å². The predicted molar refractivity (Wildman–Crippen MR) is 70.8 cm³/mol. The Morgan fingerprint density at radius 3 is 2.94 bits per heavy atom. The largest absolute Gasteiger partial charge is 0.388 e. The number of hydrogen-bond donors (Lipinski definition) is 2. The van der Waals surface area contributed by atoms with Crippen LogP contribution in [0.4, 0.5) is 0 Å². The van der Waals surface area contributed by atoms with Gasteiger partial charge in [0.15, 0.2) is 10.6 Å². The van der Waals surface area contributed by atoms with Crippen molar-refractivity contribution in [3.05, 3.63) is 46.0 Å². The number of nitrogens with zero attached hydrogens (tertiary/aromatic N) is 2. The van der Waals surface area contributed by atoms with E-state index in [2.05, 4.69) is 34.5 Å². The summed E-state index contributed by atoms with van der Waals surface area (Å²) < 4.78 is 2.56. The topological polar surface area (TPSA) is 53.8 Å². The van der Waals surface area contributed by atoms with Gasteiger partial charge in [0.1, 0.15) is 6.61 Å². The first-order valence-electron chi connectivity index (χ1n) is 6.13. The van der Waals surface area contributed by atoms with E-state index in [4.69, 9.17) is 12.2 Å². The highest BCUT2D eigenvalue weighted by Crippen LogP contribution is 2.29. The minimum Gasteiger partial charge on any atom is -0.388 e. The van der Waals surface area contributed by atoms with Gasteiger partial charge in [0.05, 0.1) is 0 Å². The molecule has 0 saturated carbocycles. The van der Waals surface area contributed by atoms with Crippen LogP contribution in [-0.4, -0.2) is 19.9 Å². The SMILES string of the molecule is OCc1n[nH]c(=S)n1C1CCc2ccccc2C1. The fraction of sp³-hybridized carbons (Fsp3) is 0.385. The van der Waals surface area contributed by atoms with E-state index in [1.165, 1.54) is 11.1 Å². The molecule has 3 rings (SSSR count). The van der Waals surface area contributed by atoms with Crippen molar-refractivity contribution in [2.45, 2.75) is 31.9 Å². The third kappa shape index (κ3) is 1.89. The second kappa shape index (κ2) is 4.66. The van der Waals surface area contributed by atoms with Gasteiger partial charge in [-0.25, -0.2) is 0 Å². The summed E-state index contributed by atoms with van der Waals surface area (Å²) >= 11 is 5.25. The number of aromatic nitrogens is 3. The molecule has 94 valence electrons. The molecule has 1 aliphatic rings. The van der Waals surface area contributed by atoms with Gasteiger partial charge in [-0.15, -0.1) is 0 Å². The van der Waals surface area contributed by atoms with Crippen LogP contribution in [0.5, 0.6) is 0 Å². The Labute approximate surface area is 110 Å². The molecule has 1 aliphatic carbocycles. The Morgan fingerprint density at radius 2 is 2.17 bits per heavy atom. The standard InChI is InChI=1S/C13H15N3OS/c17-8-12-14-15-13(18)16(12)11-6-5-9-3-1-2-4-10(9)7-11/h1-4,11,17H,5-8H2,(H,15,18). The van der Waals surface area contributed by atoms with E-state index in [0.717, 1.165) is 19.3 Å². The van der Waals surface area contributed by atoms with Crippen molar-refractivity contribution in [1.29, 1.82) is 0 Å². The molecule has 1 atom stereocenters. The summed E-state index contributed by atoms with van der Waals surface area (Å²) in [6.45, 7) is -0.0781. The minimum absolute atomic E-state index is 0.0781. The van der Waals surface area contributed by atoms with Crippen molar-refractivity contribution < 1.29 is 5.11 Å². The average Bonchev–Trinajstić information content (AvgIpc) is 2.79. The van der Waals surface area contributed by atoms with Crippen LogP contribution in [0.25, 0.3) is 0 Å². The number of aromatic amines is 1. The van der Waals surface area contributed by atoms with Crippen LogP contribution in [0.2, 0.25) is 0 Å². The number of H-pyrrole nitrogens is 1. The van der Waals surface area contributed by atoms with Gasteiger partial charge < -0.3 is 5.11 Å². The quantitative estimate of drug-likeness (QED) is 0.815. The van der Waals surface area contributed by atoms with Crippen molar-refractivity contribution in [1.82, 2.24) is 14.8 Å². The van der Waals surface area contributed by atoms with Gasteiger partial charge in [0.25, 0.3) is 0 Å². The molecule has 1 heterocycles. The summed E-state index contributed by atoms with van der Waals surface area (Å²) in [7, 11) is 0. The van der Waals surface area contributed by atoms with Gasteiger partial charge in [-0.2, -0.15) is 5.10 Å². The highest BCUT2D eigenvalue weighted by Gasteiger charge is 2.22. The first kappa shape index (κ1) is 11.6. The molecule has 0 aliphatic heterocycles. The number of fused-ring (bicyclic) bond motifs is 1. The van der Waals surface area contributed by atoms with Crippen LogP contribution < -0.4 is 0 Å². The lowest BCUT2D eigenvalue weighted by atomic mass is 9.88. The normalized spacial score (nSPS) is 18.6. The molecule has 2 aromatic rings. The van der Waals surface area contributed by atoms with Crippen molar-refractivity contribution in [3.63, 3.8) is 0 Å². The maximum Gasteiger partial charge on any atom is 0.195 e. The summed E-state index contributed by atoms with van der Waals surface area (Å²) in [6.07, 6.45) is 3.05. The summed E-state index contributed by atoms with van der Waals surface area (Å²) in [5, 5.41) is 16.1. The lowest BCUT2D eigenvalue weighted by molar-refractivity contribution is 0.257. The lowest BCUT2D eigenvalue weighted by Gasteiger charge is -2.26. The molecule has 0 saturated heterocycles. The second-order valence-electron chi connectivity index (χ2n) is 4.64. The summed E-state index contributed by atoms with van der Waals surface area (Å²) in [5.41, 5.74) is 2.80. The Bertz CT molecular complexity index is 617. The minimum atomic E-state index is -0.0781. The van der Waals surface area contributed by atoms with Gasteiger partial charge in [-0.3, -0.25) is 9.67 Å². The van der Waals surface area contributed by atoms with Gasteiger partial charge in [-0.1, -0.05) is 24.3 Å². The molecule has 1 aromatic carbocycles. The summed E-state index contributed by atoms with van der Waals surface area (Å²) in [5.74, 6) is 0.629. The van der Waals surface area contributed by atoms with Crippen molar-refractivity contribution >= 4 is 12.2 Å². The first-order valence-corrected chi connectivity index (χ1v) is 6.54. The van der Waals surface area contributed by atoms with Crippen LogP contribution in [0.3, 0.4) is 0 Å². The van der Waals surface area contributed by atoms with Crippen LogP contribution in [-0.2, 0) is 19.4 Å². The first-order chi connectivity index (χ1) is 8.79. The van der Waals surface area contributed by atoms with Gasteiger partial charge in [0.2, 0.25) is 0 Å². The van der Waals surface area contributed by atoms with Gasteiger partial charge >= 0.3 is 0 Å². The number of rotatable bonds is 2. The maximum absolute atomic E-state index is 9.31. The molecule has 0 spiro atoms. The molecular weight excluding hydrogens is 246 g/mol. The van der Waals surface area contributed by atoms with E-state index in [1.807, 2.05) is 4.57 Å². The second-order valence-corrected chi connectivity index (χ2v) is 5.03. The Morgan fingerprint density at radius 1 is 1.39 bits per heavy atom. The van der Waals surface area contributed by atoms with Gasteiger partial charge in [0, 0.05) is 6.04 Å². The van der Waals surface area contributed by atoms with E-state index in [1.54, 1.807) is 0 Å². The van der Waals surface area contributed by atoms with Crippen molar-refractivity contribution in [3.8, 4) is 0 Å². The number of hydrogen-bond acceptors (Lipinski definition) is 3. The van der Waals surface area contributed by atoms with Crippen LogP contribution in [0, 0.1) is 4.77 Å². The number of aliphatic hydroxyl groups excluding tert-OH is 1. The van der Waals surface area contributed by atoms with Crippen LogP contribution >= 0.6 is 12.2 Å². The molecule has 0 radical (unpaired) electrons. The zero-order chi connectivity index (χ0) is 12.5. The number of benzene rings is 1. The number of aliphatic hydroxyl groups is 1. The summed E-state index contributed by atoms with van der Waals surface area (Å²) in [4.78, 5) is 0. The fourth-order valence-corrected chi connectivity index (χ4v) is 3.02. The maximum atomic E-state index is 9.31. The molecule has 1 aromatic heterocycles. The Balaban J connectivity index is 1.96. The third-order valence-electron chi connectivity index (χ3n) is 3.60. The summed E-state index contributed by atoms with van der Waals surface area (Å²) in [6, 6.07) is 8.81. The lowest BCUT2D eigenvalue weighted by Crippen LogP contribution is -2.20. The molecule has 0 bridgehead atoms. The zero-order valence-corrected chi connectivity index (χ0v) is 10.8. The number of nitrogens with one attached hydrogen (secondary N) is 1. The molecule has 2 N–H and O–H groups in total. The Kier molecular flexibility index (Phi) is 3.01. The predicted octanol–water partition coefficient (Wildman–Crippen LogP) is 2.16. The van der Waals surface area contributed by atoms with E-state index >= 15 is 0 Å². The van der Waals surface area contributed by atoms with Crippen LogP contribution in [0.1, 0.15) is 29.4 Å². The molecule has 0 amide bonds. The monoisotopic (exact) mass is 261 g/mol. The highest BCUT2D eigenvalue weighted by atomic mass is 32.1. The smallest absolute Gasteiger partial charge is 0.195 e. The third-order valence-corrected chi connectivity index (χ3v) is 3.89. The van der Waals surface area contributed by atoms with Crippen molar-refractivity contribution in [2.75, 3.05) is 0 Å². The van der Waals surface area contributed by atoms with E-state index in [9.17, 15) is 5.11 Å². The molecular formula is C13H15N3OS. The molecule has 1 unspecified atom stereocenters. The Hall–Kier alpha value is -1.46. The number of aryl methyl sites for hydroxylation is 1. The molecule has 0 fully saturated rings. The zero-order valence-electron chi connectivity index (χ0n) is 9.97. The van der Waals surface area contributed by atoms with E-state index in [0.29, 0.717) is 16.6 Å². The van der Waals surface area contributed by atoms with Crippen molar-refractivity contribution in [2.24, 2.45) is 0 Å². The van der Waals surface area contributed by atoms with Gasteiger partial charge in [-0.05, 0) is 42.6 Å². The molecule has 5 heteroatoms. The highest BCUT2D eigenvalue weighted by molar-refractivity contribution is 7.71. The van der Waals surface area contributed by atoms with Crippen LogP contribution in [0.15, 0.2) is 24.3 Å². The van der Waals surface area contributed by atoms with E-state index in [-0.39, 0.29) is 6.61 Å². The fourth-order valence-electron chi connectivity index (χ4n) is 2.72. The molecule has 18 heavy (non-hydrogen) atoms. The average molecular weight is 261 g/mol.